The van der Waals surface area contributed by atoms with Gasteiger partial charge in [-0.05, 0) is 67.8 Å². The lowest BCUT2D eigenvalue weighted by Crippen LogP contribution is -2.39. The summed E-state index contributed by atoms with van der Waals surface area (Å²) >= 11 is 0. The summed E-state index contributed by atoms with van der Waals surface area (Å²) in [5, 5.41) is 2.39. The maximum Gasteiger partial charge on any atom is 0.123 e. The normalized spacial score (nSPS) is 17.0. The Morgan fingerprint density at radius 1 is 1.22 bits per heavy atom. The molecule has 0 unspecified atom stereocenters. The van der Waals surface area contributed by atoms with Gasteiger partial charge in [-0.15, -0.1) is 0 Å². The molecule has 2 heterocycles. The second kappa shape index (κ2) is 7.31. The van der Waals surface area contributed by atoms with E-state index in [2.05, 4.69) is 48.9 Å². The molecule has 124 valence electrons. The third kappa shape index (κ3) is 4.23. The van der Waals surface area contributed by atoms with Crippen LogP contribution in [-0.2, 0) is 0 Å². The third-order valence-corrected chi connectivity index (χ3v) is 4.79. The van der Waals surface area contributed by atoms with E-state index in [1.54, 1.807) is 0 Å². The van der Waals surface area contributed by atoms with Gasteiger partial charge in [0.25, 0.3) is 0 Å². The number of nitrogens with zero attached hydrogens (tertiary/aromatic N) is 2. The van der Waals surface area contributed by atoms with Crippen LogP contribution >= 0.6 is 0 Å². The van der Waals surface area contributed by atoms with Crippen LogP contribution in [0.4, 0.5) is 0 Å². The highest BCUT2D eigenvalue weighted by Gasteiger charge is 2.21. The number of hydrogen-bond donors (Lipinski definition) is 0. The molecule has 0 aliphatic carbocycles. The first-order valence-corrected chi connectivity index (χ1v) is 8.85. The Morgan fingerprint density at radius 3 is 2.74 bits per heavy atom. The zero-order chi connectivity index (χ0) is 16.2. The number of aryl methyl sites for hydroxylation is 1. The minimum atomic E-state index is 0.350. The van der Waals surface area contributed by atoms with Crippen LogP contribution in [0.25, 0.3) is 10.8 Å². The molecular weight excluding hydrogens is 284 g/mol. The molecule has 0 radical (unpaired) electrons. The quantitative estimate of drug-likeness (QED) is 0.816. The van der Waals surface area contributed by atoms with Crippen molar-refractivity contribution in [3.63, 3.8) is 0 Å². The van der Waals surface area contributed by atoms with Gasteiger partial charge in [0, 0.05) is 30.9 Å². The number of benzene rings is 1. The number of hydrogen-bond acceptors (Lipinski definition) is 3. The van der Waals surface area contributed by atoms with Gasteiger partial charge in [-0.25, -0.2) is 0 Å². The molecule has 0 atom stereocenters. The predicted octanol–water partition coefficient (Wildman–Crippen LogP) is 4.43. The molecule has 23 heavy (non-hydrogen) atoms. The lowest BCUT2D eigenvalue weighted by molar-refractivity contribution is 0.0975. The third-order valence-electron chi connectivity index (χ3n) is 4.79. The van der Waals surface area contributed by atoms with Gasteiger partial charge in [0.1, 0.15) is 11.9 Å². The lowest BCUT2D eigenvalue weighted by atomic mass is 10.0. The van der Waals surface area contributed by atoms with Crippen molar-refractivity contribution in [2.24, 2.45) is 5.92 Å². The zero-order valence-electron chi connectivity index (χ0n) is 14.6. The molecule has 0 bridgehead atoms. The average molecular weight is 312 g/mol. The molecule has 1 aromatic carbocycles. The zero-order valence-corrected chi connectivity index (χ0v) is 14.6. The van der Waals surface area contributed by atoms with Crippen LogP contribution < -0.4 is 4.74 Å². The second-order valence-electron chi connectivity index (χ2n) is 7.18. The number of pyridine rings is 1. The first kappa shape index (κ1) is 16.3. The van der Waals surface area contributed by atoms with Crippen molar-refractivity contribution < 1.29 is 4.74 Å². The first-order chi connectivity index (χ1) is 11.1. The Morgan fingerprint density at radius 2 is 2.00 bits per heavy atom. The molecule has 1 fully saturated rings. The monoisotopic (exact) mass is 312 g/mol. The summed E-state index contributed by atoms with van der Waals surface area (Å²) < 4.78 is 6.32. The fraction of sp³-hybridized carbons (Fsp3) is 0.550. The van der Waals surface area contributed by atoms with Crippen LogP contribution in [-0.4, -0.2) is 35.6 Å². The summed E-state index contributed by atoms with van der Waals surface area (Å²) in [5.74, 6) is 1.82. The smallest absolute Gasteiger partial charge is 0.123 e. The molecule has 0 saturated carbocycles. The van der Waals surface area contributed by atoms with Crippen LogP contribution in [0.3, 0.4) is 0 Å². The van der Waals surface area contributed by atoms with E-state index in [4.69, 9.17) is 4.74 Å². The SMILES string of the molecule is Cc1cc2cnccc2cc1OC1CCN(CCC(C)C)CC1. The van der Waals surface area contributed by atoms with E-state index in [1.807, 2.05) is 12.4 Å². The van der Waals surface area contributed by atoms with Gasteiger partial charge in [-0.2, -0.15) is 0 Å². The lowest BCUT2D eigenvalue weighted by Gasteiger charge is -2.32. The van der Waals surface area contributed by atoms with Gasteiger partial charge < -0.3 is 9.64 Å². The molecule has 3 nitrogen and oxygen atoms in total. The number of fused-ring (bicyclic) bond motifs is 1. The summed E-state index contributed by atoms with van der Waals surface area (Å²) in [7, 11) is 0. The fourth-order valence-electron chi connectivity index (χ4n) is 3.23. The van der Waals surface area contributed by atoms with Crippen molar-refractivity contribution in [3.8, 4) is 5.75 Å². The highest BCUT2D eigenvalue weighted by Crippen LogP contribution is 2.27. The number of piperidine rings is 1. The van der Waals surface area contributed by atoms with E-state index < -0.39 is 0 Å². The minimum Gasteiger partial charge on any atom is -0.490 e. The highest BCUT2D eigenvalue weighted by molar-refractivity contribution is 5.84. The summed E-state index contributed by atoms with van der Waals surface area (Å²) in [6.07, 6.45) is 7.66. The Hall–Kier alpha value is -1.61. The van der Waals surface area contributed by atoms with E-state index in [1.165, 1.54) is 29.3 Å². The van der Waals surface area contributed by atoms with Gasteiger partial charge in [-0.3, -0.25) is 4.98 Å². The number of likely N-dealkylation sites (tertiary alicyclic amines) is 1. The number of ether oxygens (including phenoxy) is 1. The summed E-state index contributed by atoms with van der Waals surface area (Å²) in [5.41, 5.74) is 1.20. The molecule has 0 N–H and O–H groups in total. The van der Waals surface area contributed by atoms with E-state index >= 15 is 0 Å². The van der Waals surface area contributed by atoms with E-state index in [0.29, 0.717) is 6.10 Å². The molecule has 1 aromatic heterocycles. The highest BCUT2D eigenvalue weighted by atomic mass is 16.5. The predicted molar refractivity (Wildman–Crippen MR) is 96.0 cm³/mol. The second-order valence-corrected chi connectivity index (χ2v) is 7.18. The molecule has 0 amide bonds. The molecule has 1 saturated heterocycles. The molecule has 3 rings (SSSR count). The number of rotatable bonds is 5. The van der Waals surface area contributed by atoms with Crippen LogP contribution in [0.5, 0.6) is 5.75 Å². The van der Waals surface area contributed by atoms with Crippen LogP contribution in [0.2, 0.25) is 0 Å². The fourth-order valence-corrected chi connectivity index (χ4v) is 3.23. The minimum absolute atomic E-state index is 0.350. The van der Waals surface area contributed by atoms with Gasteiger partial charge in [0.2, 0.25) is 0 Å². The Bertz CT molecular complexity index is 645. The average Bonchev–Trinajstić information content (AvgIpc) is 2.55. The molecule has 0 spiro atoms. The Labute approximate surface area is 139 Å². The van der Waals surface area contributed by atoms with Crippen molar-refractivity contribution >= 4 is 10.8 Å². The van der Waals surface area contributed by atoms with Crippen molar-refractivity contribution in [2.75, 3.05) is 19.6 Å². The first-order valence-electron chi connectivity index (χ1n) is 8.85. The van der Waals surface area contributed by atoms with Gasteiger partial charge in [0.05, 0.1) is 0 Å². The summed E-state index contributed by atoms with van der Waals surface area (Å²) in [6.45, 7) is 10.3. The number of aromatic nitrogens is 1. The summed E-state index contributed by atoms with van der Waals surface area (Å²) in [6, 6.07) is 6.39. The van der Waals surface area contributed by atoms with Crippen molar-refractivity contribution in [1.82, 2.24) is 9.88 Å². The Balaban J connectivity index is 1.59. The van der Waals surface area contributed by atoms with Crippen molar-refractivity contribution in [3.05, 3.63) is 36.2 Å². The van der Waals surface area contributed by atoms with Gasteiger partial charge in [0.15, 0.2) is 0 Å². The maximum atomic E-state index is 6.32. The maximum absolute atomic E-state index is 6.32. The topological polar surface area (TPSA) is 25.4 Å². The molecule has 2 aromatic rings. The molecule has 3 heteroatoms. The van der Waals surface area contributed by atoms with Gasteiger partial charge in [-0.1, -0.05) is 13.8 Å². The van der Waals surface area contributed by atoms with Gasteiger partial charge >= 0.3 is 0 Å². The molecular formula is C20H28N2O. The van der Waals surface area contributed by atoms with E-state index in [-0.39, 0.29) is 0 Å². The largest absolute Gasteiger partial charge is 0.490 e. The molecule has 1 aliphatic heterocycles. The standard InChI is InChI=1S/C20H28N2O/c1-15(2)5-9-22-10-6-19(7-11-22)23-20-13-17-4-8-21-14-18(17)12-16(20)3/h4,8,12-15,19H,5-7,9-11H2,1-3H3. The summed E-state index contributed by atoms with van der Waals surface area (Å²) in [4.78, 5) is 6.77. The van der Waals surface area contributed by atoms with Crippen LogP contribution in [0, 0.1) is 12.8 Å². The van der Waals surface area contributed by atoms with Crippen molar-refractivity contribution in [2.45, 2.75) is 46.1 Å². The van der Waals surface area contributed by atoms with Crippen LogP contribution in [0.15, 0.2) is 30.6 Å². The van der Waals surface area contributed by atoms with Crippen molar-refractivity contribution in [1.29, 1.82) is 0 Å². The van der Waals surface area contributed by atoms with Crippen LogP contribution in [0.1, 0.15) is 38.7 Å². The van der Waals surface area contributed by atoms with E-state index in [0.717, 1.165) is 37.6 Å². The Kier molecular flexibility index (Phi) is 5.16. The van der Waals surface area contributed by atoms with E-state index in [9.17, 15) is 0 Å². The molecule has 1 aliphatic rings.